The number of rotatable bonds is 4. The molecule has 1 aromatic carbocycles. The number of hydrogen-bond donors (Lipinski definition) is 2. The summed E-state index contributed by atoms with van der Waals surface area (Å²) in [6.07, 6.45) is -0.120. The van der Waals surface area contributed by atoms with Gasteiger partial charge in [-0.25, -0.2) is 0 Å². The van der Waals surface area contributed by atoms with Crippen LogP contribution >= 0.6 is 23.2 Å². The van der Waals surface area contributed by atoms with E-state index in [9.17, 15) is 9.59 Å². The molecule has 0 saturated carbocycles. The summed E-state index contributed by atoms with van der Waals surface area (Å²) in [4.78, 5) is 24.8. The third-order valence-electron chi connectivity index (χ3n) is 2.60. The normalized spacial score (nSPS) is 11.8. The third-order valence-corrected chi connectivity index (χ3v) is 3.34. The Morgan fingerprint density at radius 2 is 2.00 bits per heavy atom. The van der Waals surface area contributed by atoms with Crippen LogP contribution in [0.15, 0.2) is 18.2 Å². The van der Waals surface area contributed by atoms with Crippen molar-refractivity contribution in [3.63, 3.8) is 0 Å². The van der Waals surface area contributed by atoms with E-state index in [4.69, 9.17) is 28.3 Å². The summed E-state index contributed by atoms with van der Waals surface area (Å²) in [7, 11) is 1.50. The van der Waals surface area contributed by atoms with E-state index in [1.165, 1.54) is 24.1 Å². The van der Waals surface area contributed by atoms with Crippen molar-refractivity contribution in [1.29, 1.82) is 0 Å². The van der Waals surface area contributed by atoms with Crippen molar-refractivity contribution >= 4 is 40.7 Å². The van der Waals surface area contributed by atoms with Gasteiger partial charge in [0.1, 0.15) is 0 Å². The van der Waals surface area contributed by atoms with Crippen molar-refractivity contribution in [2.45, 2.75) is 19.4 Å². The van der Waals surface area contributed by atoms with Crippen LogP contribution in [0.3, 0.4) is 0 Å². The molecule has 2 N–H and O–H groups in total. The lowest BCUT2D eigenvalue weighted by atomic mass is 10.2. The highest BCUT2D eigenvalue weighted by atomic mass is 35.5. The quantitative estimate of drug-likeness (QED) is 0.836. The second kappa shape index (κ2) is 7.47. The Morgan fingerprint density at radius 3 is 2.55 bits per heavy atom. The van der Waals surface area contributed by atoms with Gasteiger partial charge in [-0.2, -0.15) is 0 Å². The number of anilines is 1. The molecule has 0 aliphatic heterocycles. The van der Waals surface area contributed by atoms with Gasteiger partial charge in [-0.05, 0) is 31.5 Å². The molecule has 5 nitrogen and oxygen atoms in total. The molecule has 0 saturated heterocycles. The number of carbonyl (C=O) groups is 2. The van der Waals surface area contributed by atoms with Gasteiger partial charge in [-0.1, -0.05) is 23.2 Å². The molecule has 1 rings (SSSR count). The highest BCUT2D eigenvalue weighted by Crippen LogP contribution is 2.24. The van der Waals surface area contributed by atoms with Crippen LogP contribution in [0, 0.1) is 0 Å². The van der Waals surface area contributed by atoms with E-state index in [1.807, 2.05) is 0 Å². The number of benzene rings is 1. The summed E-state index contributed by atoms with van der Waals surface area (Å²) in [5.41, 5.74) is 0.390. The maximum atomic E-state index is 11.8. The molecule has 20 heavy (non-hydrogen) atoms. The largest absolute Gasteiger partial charge is 0.393 e. The number of hydrogen-bond acceptors (Lipinski definition) is 3. The number of nitrogens with one attached hydrogen (secondary N) is 1. The van der Waals surface area contributed by atoms with Gasteiger partial charge < -0.3 is 15.3 Å². The average molecular weight is 319 g/mol. The van der Waals surface area contributed by atoms with Gasteiger partial charge in [0, 0.05) is 19.3 Å². The molecule has 1 unspecified atom stereocenters. The number of carbonyl (C=O) groups excluding carboxylic acids is 2. The van der Waals surface area contributed by atoms with Crippen molar-refractivity contribution in [2.24, 2.45) is 0 Å². The number of halogens is 2. The van der Waals surface area contributed by atoms with E-state index in [-0.39, 0.29) is 0 Å². The first-order chi connectivity index (χ1) is 9.31. The molecule has 2 amide bonds. The zero-order chi connectivity index (χ0) is 15.3. The Balaban J connectivity index is 2.61. The van der Waals surface area contributed by atoms with Gasteiger partial charge in [-0.15, -0.1) is 0 Å². The predicted molar refractivity (Wildman–Crippen MR) is 79.0 cm³/mol. The van der Waals surface area contributed by atoms with Gasteiger partial charge in [0.25, 0.3) is 0 Å². The second-order valence-electron chi connectivity index (χ2n) is 4.45. The SMILES string of the molecule is CC(O)CCN(C)C(=O)C(=O)Nc1ccc(Cl)c(Cl)c1. The van der Waals surface area contributed by atoms with Crippen molar-refractivity contribution in [1.82, 2.24) is 4.90 Å². The standard InChI is InChI=1S/C13H16Cl2N2O3/c1-8(18)5-6-17(2)13(20)12(19)16-9-3-4-10(14)11(15)7-9/h3-4,7-8,18H,5-6H2,1-2H3,(H,16,19). The minimum atomic E-state index is -0.767. The van der Waals surface area contributed by atoms with Crippen molar-refractivity contribution in [3.05, 3.63) is 28.2 Å². The molecule has 0 spiro atoms. The molecule has 0 aromatic heterocycles. The van der Waals surface area contributed by atoms with Crippen LogP contribution in [0.2, 0.25) is 10.0 Å². The molecule has 1 aromatic rings. The first kappa shape index (κ1) is 16.8. The molecule has 0 fully saturated rings. The molecule has 0 heterocycles. The van der Waals surface area contributed by atoms with Gasteiger partial charge >= 0.3 is 11.8 Å². The lowest BCUT2D eigenvalue weighted by Gasteiger charge is -2.17. The summed E-state index contributed by atoms with van der Waals surface area (Å²) in [5.74, 6) is -1.45. The Kier molecular flexibility index (Phi) is 6.26. The van der Waals surface area contributed by atoms with Gasteiger partial charge in [0.05, 0.1) is 16.1 Å². The Morgan fingerprint density at radius 1 is 1.35 bits per heavy atom. The average Bonchev–Trinajstić information content (AvgIpc) is 2.39. The first-order valence-electron chi connectivity index (χ1n) is 6.01. The van der Waals surface area contributed by atoms with E-state index < -0.39 is 17.9 Å². The summed E-state index contributed by atoms with van der Waals surface area (Å²) in [6.45, 7) is 1.92. The van der Waals surface area contributed by atoms with E-state index in [0.29, 0.717) is 28.7 Å². The Bertz CT molecular complexity index is 506. The van der Waals surface area contributed by atoms with Gasteiger partial charge in [-0.3, -0.25) is 9.59 Å². The summed E-state index contributed by atoms with van der Waals surface area (Å²) in [5, 5.41) is 12.2. The molecule has 0 aliphatic rings. The summed E-state index contributed by atoms with van der Waals surface area (Å²) in [6, 6.07) is 4.54. The molecule has 0 bridgehead atoms. The fourth-order valence-corrected chi connectivity index (χ4v) is 1.71. The number of aliphatic hydroxyl groups is 1. The molecule has 1 atom stereocenters. The topological polar surface area (TPSA) is 69.6 Å². The van der Waals surface area contributed by atoms with Crippen LogP contribution in [0.5, 0.6) is 0 Å². The second-order valence-corrected chi connectivity index (χ2v) is 5.26. The van der Waals surface area contributed by atoms with Crippen molar-refractivity contribution in [2.75, 3.05) is 18.9 Å². The molecular weight excluding hydrogens is 303 g/mol. The fourth-order valence-electron chi connectivity index (χ4n) is 1.41. The highest BCUT2D eigenvalue weighted by molar-refractivity contribution is 6.42. The van der Waals surface area contributed by atoms with E-state index >= 15 is 0 Å². The van der Waals surface area contributed by atoms with E-state index in [0.717, 1.165) is 0 Å². The van der Waals surface area contributed by atoms with Crippen LogP contribution in [-0.4, -0.2) is 41.5 Å². The maximum absolute atomic E-state index is 11.8. The van der Waals surface area contributed by atoms with E-state index in [2.05, 4.69) is 5.32 Å². The van der Waals surface area contributed by atoms with Crippen LogP contribution in [-0.2, 0) is 9.59 Å². The lowest BCUT2D eigenvalue weighted by molar-refractivity contribution is -0.142. The van der Waals surface area contributed by atoms with Gasteiger partial charge in [0.15, 0.2) is 0 Å². The zero-order valence-electron chi connectivity index (χ0n) is 11.2. The molecule has 0 radical (unpaired) electrons. The highest BCUT2D eigenvalue weighted by Gasteiger charge is 2.19. The van der Waals surface area contributed by atoms with Crippen molar-refractivity contribution in [3.8, 4) is 0 Å². The number of aliphatic hydroxyl groups excluding tert-OH is 1. The van der Waals surface area contributed by atoms with Gasteiger partial charge in [0.2, 0.25) is 0 Å². The number of amides is 2. The van der Waals surface area contributed by atoms with Crippen LogP contribution in [0.4, 0.5) is 5.69 Å². The molecule has 7 heteroatoms. The minimum Gasteiger partial charge on any atom is -0.393 e. The molecule has 110 valence electrons. The monoisotopic (exact) mass is 318 g/mol. The minimum absolute atomic E-state index is 0.291. The Labute approximate surface area is 127 Å². The lowest BCUT2D eigenvalue weighted by Crippen LogP contribution is -2.38. The predicted octanol–water partition coefficient (Wildman–Crippen LogP) is 2.16. The smallest absolute Gasteiger partial charge is 0.313 e. The number of nitrogens with zero attached hydrogens (tertiary/aromatic N) is 1. The maximum Gasteiger partial charge on any atom is 0.313 e. The van der Waals surface area contributed by atoms with Crippen LogP contribution in [0.1, 0.15) is 13.3 Å². The van der Waals surface area contributed by atoms with Crippen LogP contribution in [0.25, 0.3) is 0 Å². The van der Waals surface area contributed by atoms with Crippen LogP contribution < -0.4 is 5.32 Å². The first-order valence-corrected chi connectivity index (χ1v) is 6.76. The zero-order valence-corrected chi connectivity index (χ0v) is 12.7. The Hall–Kier alpha value is -1.30. The number of likely N-dealkylation sites (N-methyl/N-ethyl adjacent to an activating group) is 1. The van der Waals surface area contributed by atoms with E-state index in [1.54, 1.807) is 13.0 Å². The fraction of sp³-hybridized carbons (Fsp3) is 0.385. The molecule has 0 aliphatic carbocycles. The molecular formula is C13H16Cl2N2O3. The summed E-state index contributed by atoms with van der Waals surface area (Å²) >= 11 is 11.6. The van der Waals surface area contributed by atoms with Crippen molar-refractivity contribution < 1.29 is 14.7 Å². The summed E-state index contributed by atoms with van der Waals surface area (Å²) < 4.78 is 0. The third kappa shape index (κ3) is 5.00.